The molecule has 4 aromatic rings. The molecular weight excluding hydrogens is 1060 g/mol. The fourth-order valence-electron chi connectivity index (χ4n) is 15.6. The summed E-state index contributed by atoms with van der Waals surface area (Å²) in [5.41, 5.74) is 24.7. The second kappa shape index (κ2) is 29.5. The van der Waals surface area contributed by atoms with Crippen molar-refractivity contribution in [2.24, 2.45) is 64.1 Å². The molecule has 9 heteroatoms. The van der Waals surface area contributed by atoms with Crippen LogP contribution in [0.3, 0.4) is 0 Å². The average molecular weight is 1180 g/mol. The minimum Gasteiger partial charge on any atom is -0.601 e. The van der Waals surface area contributed by atoms with Crippen LogP contribution in [0.25, 0.3) is 44.5 Å². The summed E-state index contributed by atoms with van der Waals surface area (Å²) in [7, 11) is 0. The van der Waals surface area contributed by atoms with E-state index in [9.17, 15) is 20.4 Å². The molecule has 2 aliphatic heterocycles. The summed E-state index contributed by atoms with van der Waals surface area (Å²) in [6, 6.07) is 32.1. The van der Waals surface area contributed by atoms with E-state index in [-0.39, 0.29) is 33.8 Å². The van der Waals surface area contributed by atoms with Crippen molar-refractivity contribution in [2.45, 2.75) is 243 Å². The monoisotopic (exact) mass is 1180 g/mol. The Labute approximate surface area is 514 Å². The second-order valence-corrected chi connectivity index (χ2v) is 30.4. The number of hydrogen-bond donors (Lipinski definition) is 6. The molecule has 4 saturated carbocycles. The zero-order chi connectivity index (χ0) is 59.9. The van der Waals surface area contributed by atoms with Gasteiger partial charge in [0.2, 0.25) is 0 Å². The summed E-state index contributed by atoms with van der Waals surface area (Å²) in [6.07, 6.45) is 17.3. The minimum absolute atomic E-state index is 0. The molecule has 460 valence electrons. The van der Waals surface area contributed by atoms with Crippen molar-refractivity contribution in [2.75, 3.05) is 0 Å². The van der Waals surface area contributed by atoms with Crippen molar-refractivity contribution < 1.29 is 37.5 Å². The summed E-state index contributed by atoms with van der Waals surface area (Å²) in [5.74, 6) is 6.07. The van der Waals surface area contributed by atoms with E-state index in [4.69, 9.17) is 0 Å². The first-order valence-electron chi connectivity index (χ1n) is 32.3. The first-order valence-corrected chi connectivity index (χ1v) is 32.3. The Bertz CT molecular complexity index is 2570. The Morgan fingerprint density at radius 3 is 1.29 bits per heavy atom. The summed E-state index contributed by atoms with van der Waals surface area (Å²) in [5, 5.41) is 43.9. The van der Waals surface area contributed by atoms with Gasteiger partial charge < -0.3 is 42.1 Å². The van der Waals surface area contributed by atoms with E-state index >= 15 is 0 Å². The molecule has 0 aromatic heterocycles. The molecule has 10 rings (SSSR count). The van der Waals surface area contributed by atoms with Crippen LogP contribution in [-0.2, 0) is 27.9 Å². The van der Waals surface area contributed by atoms with Gasteiger partial charge in [0.05, 0.1) is 0 Å². The largest absolute Gasteiger partial charge is 2.00 e. The van der Waals surface area contributed by atoms with E-state index in [1.165, 1.54) is 118 Å². The summed E-state index contributed by atoms with van der Waals surface area (Å²) >= 11 is 0. The summed E-state index contributed by atoms with van der Waals surface area (Å²) in [6.45, 7) is 36.1. The molecule has 0 amide bonds. The van der Waals surface area contributed by atoms with Crippen LogP contribution in [0.15, 0.2) is 91.0 Å². The van der Waals surface area contributed by atoms with Gasteiger partial charge >= 0.3 is 17.1 Å². The van der Waals surface area contributed by atoms with Crippen molar-refractivity contribution in [3.63, 3.8) is 0 Å². The Morgan fingerprint density at radius 1 is 0.482 bits per heavy atom. The third-order valence-electron chi connectivity index (χ3n) is 20.8. The molecule has 0 spiro atoms. The van der Waals surface area contributed by atoms with Crippen molar-refractivity contribution in [3.8, 4) is 22.3 Å². The van der Waals surface area contributed by atoms with Gasteiger partial charge in [-0.1, -0.05) is 226 Å². The van der Waals surface area contributed by atoms with Crippen LogP contribution in [0.4, 0.5) is 0 Å². The van der Waals surface area contributed by atoms with Crippen LogP contribution in [-0.4, -0.2) is 38.8 Å². The predicted octanol–water partition coefficient (Wildman–Crippen LogP) is 16.9. The first kappa shape index (κ1) is 68.6. The number of nitrogens with one attached hydrogen (secondary N) is 2. The van der Waals surface area contributed by atoms with Gasteiger partial charge in [0.15, 0.2) is 12.6 Å². The molecule has 0 bridgehead atoms. The minimum atomic E-state index is -1.55. The molecule has 1 saturated heterocycles. The second-order valence-electron chi connectivity index (χ2n) is 30.4. The number of fused-ring (bicyclic) bond motifs is 2. The molecule has 6 N–H and O–H groups in total. The van der Waals surface area contributed by atoms with Gasteiger partial charge in [0.25, 0.3) is 0 Å². The van der Waals surface area contributed by atoms with E-state index in [0.717, 1.165) is 57.3 Å². The molecule has 4 aliphatic carbocycles. The molecule has 2 heterocycles. The van der Waals surface area contributed by atoms with Crippen LogP contribution in [0, 0.1) is 64.1 Å². The normalized spacial score (nSPS) is 27.6. The first-order chi connectivity index (χ1) is 38.5. The van der Waals surface area contributed by atoms with E-state index < -0.39 is 12.6 Å². The third-order valence-corrected chi connectivity index (χ3v) is 20.8. The van der Waals surface area contributed by atoms with Crippen molar-refractivity contribution in [3.05, 3.63) is 129 Å². The molecule has 6 aliphatic rings. The third kappa shape index (κ3) is 17.8. The van der Waals surface area contributed by atoms with Crippen molar-refractivity contribution in [1.29, 1.82) is 0 Å². The number of hydrogen-bond acceptors (Lipinski definition) is 6. The quantitative estimate of drug-likeness (QED) is 0.0842. The zero-order valence-corrected chi connectivity index (χ0v) is 55.4. The molecule has 8 nitrogen and oxygen atoms in total. The Balaban J connectivity index is 0.000000190. The van der Waals surface area contributed by atoms with Crippen molar-refractivity contribution in [1.82, 2.24) is 10.9 Å². The van der Waals surface area contributed by atoms with E-state index in [1.54, 1.807) is 0 Å². The predicted molar refractivity (Wildman–Crippen MR) is 345 cm³/mol. The maximum Gasteiger partial charge on any atom is 2.00 e. The van der Waals surface area contributed by atoms with Crippen LogP contribution >= 0.6 is 0 Å². The van der Waals surface area contributed by atoms with Crippen LogP contribution in [0.5, 0.6) is 0 Å². The van der Waals surface area contributed by atoms with Crippen LogP contribution in [0.2, 0.25) is 0 Å². The topological polar surface area (TPSA) is 133 Å². The van der Waals surface area contributed by atoms with Gasteiger partial charge in [-0.2, -0.15) is 0 Å². The maximum absolute atomic E-state index is 10.5. The van der Waals surface area contributed by atoms with Gasteiger partial charge in [-0.05, 0) is 190 Å². The summed E-state index contributed by atoms with van der Waals surface area (Å²) in [4.78, 5) is 0. The molecule has 83 heavy (non-hydrogen) atoms. The number of aliphatic hydroxyl groups excluding tert-OH is 2. The Hall–Kier alpha value is -3.50. The van der Waals surface area contributed by atoms with Gasteiger partial charge in [0.1, 0.15) is 0 Å². The molecule has 5 fully saturated rings. The van der Waals surface area contributed by atoms with Crippen molar-refractivity contribution >= 4 is 11.4 Å². The number of rotatable bonds is 6. The zero-order valence-electron chi connectivity index (χ0n) is 54.3. The van der Waals surface area contributed by atoms with E-state index in [0.29, 0.717) is 52.1 Å². The fourth-order valence-corrected chi connectivity index (χ4v) is 15.6. The standard InChI is InChI=1S/C27H50O2.C27H32O2.C10H19N2.C10H11N2.Fe/c2*1-26(2,3)20-14-10-18(11-15-20)22-8-7-9-23(24(22)25(28)29)19-12-16-21(17-13-19)27(4,5)6;2*1-7-9-5-3-4-6-10(9)8(2)12-11-7;/h18-25,28-29H,7-17H2,1-6H3;7-17,25,28-29H,1-6H3;7-11H,3-6H2,1-2H3;3-6,11H,1-2H3;/q;;2*-1;+2. The van der Waals surface area contributed by atoms with Gasteiger partial charge in [0, 0.05) is 17.2 Å². The van der Waals surface area contributed by atoms with Crippen LogP contribution in [0.1, 0.15) is 230 Å². The number of nitrogens with zero attached hydrogens (tertiary/aromatic N) is 2. The summed E-state index contributed by atoms with van der Waals surface area (Å²) < 4.78 is 0. The molecule has 6 unspecified atom stereocenters. The van der Waals surface area contributed by atoms with Gasteiger partial charge in [-0.15, -0.1) is 11.7 Å². The average Bonchev–Trinajstić information content (AvgIpc) is 3.66. The number of benzene rings is 4. The molecular formula is C74H112FeN4O4. The van der Waals surface area contributed by atoms with Crippen LogP contribution < -0.4 is 21.3 Å². The Morgan fingerprint density at radius 2 is 0.904 bits per heavy atom. The van der Waals surface area contributed by atoms with E-state index in [2.05, 4.69) is 179 Å². The van der Waals surface area contributed by atoms with Gasteiger partial charge in [-0.25, -0.2) is 0 Å². The molecule has 6 atom stereocenters. The SMILES string of the molecule is CC(C)(C)C1CCC(C2CCCC(C3CCC(C(C)(C)C)CC3)C2C(O)O)CC1.CC(C)(C)c1ccc(-c2cccc(-c3ccc(C(C)(C)C)cc3)c2C(O)O)cc1.CC1=c2ccccc2=C(C)N[N-]1.CC1[N-]NC(C)C2CCCCC12.[Fe+2]. The van der Waals surface area contributed by atoms with Gasteiger partial charge in [-0.3, -0.25) is 0 Å². The van der Waals surface area contributed by atoms with E-state index in [1.807, 2.05) is 44.2 Å². The molecule has 4 aromatic carbocycles. The fraction of sp³-hybridized carbons (Fsp3) is 0.649. The smallest absolute Gasteiger partial charge is 0.601 e. The molecule has 0 radical (unpaired) electrons. The Kier molecular flexibility index (Phi) is 24.4. The number of aliphatic hydroxyl groups is 4. The maximum atomic E-state index is 10.5.